The largest absolute Gasteiger partial charge is 0.317 e. The summed E-state index contributed by atoms with van der Waals surface area (Å²) in [5.41, 5.74) is 0. The maximum absolute atomic E-state index is 11.4. The van der Waals surface area contributed by atoms with Gasteiger partial charge in [-0.05, 0) is 25.8 Å². The topological polar surface area (TPSA) is 46.2 Å². The molecule has 0 amide bonds. The molecular formula is C13H27NO2S. The van der Waals surface area contributed by atoms with E-state index in [0.29, 0.717) is 23.5 Å². The van der Waals surface area contributed by atoms with E-state index < -0.39 is 9.84 Å². The lowest BCUT2D eigenvalue weighted by molar-refractivity contribution is 0.369. The molecule has 1 heterocycles. The molecule has 1 aliphatic rings. The van der Waals surface area contributed by atoms with Gasteiger partial charge < -0.3 is 5.32 Å². The first-order valence-electron chi connectivity index (χ1n) is 6.96. The Morgan fingerprint density at radius 2 is 1.94 bits per heavy atom. The van der Waals surface area contributed by atoms with Crippen LogP contribution in [-0.4, -0.2) is 33.0 Å². The molecule has 0 aromatic carbocycles. The van der Waals surface area contributed by atoms with Crippen molar-refractivity contribution in [3.8, 4) is 0 Å². The lowest BCUT2D eigenvalue weighted by Crippen LogP contribution is -2.34. The molecule has 1 aliphatic heterocycles. The van der Waals surface area contributed by atoms with Crippen molar-refractivity contribution in [1.29, 1.82) is 0 Å². The molecule has 1 saturated heterocycles. The second-order valence-corrected chi connectivity index (χ2v) is 7.49. The number of unbranched alkanes of at least 4 members (excludes halogenated alkanes) is 4. The van der Waals surface area contributed by atoms with E-state index >= 15 is 0 Å². The van der Waals surface area contributed by atoms with E-state index in [0.717, 1.165) is 12.8 Å². The Kier molecular flexibility index (Phi) is 6.49. The Hall–Kier alpha value is -0.0900. The van der Waals surface area contributed by atoms with E-state index in [1.807, 2.05) is 7.05 Å². The smallest absolute Gasteiger partial charge is 0.150 e. The maximum Gasteiger partial charge on any atom is 0.150 e. The molecule has 0 saturated carbocycles. The average molecular weight is 261 g/mol. The van der Waals surface area contributed by atoms with Crippen LogP contribution in [-0.2, 0) is 9.84 Å². The Morgan fingerprint density at radius 3 is 2.47 bits per heavy atom. The summed E-state index contributed by atoms with van der Waals surface area (Å²) in [5, 5.41) is 3.31. The van der Waals surface area contributed by atoms with E-state index in [2.05, 4.69) is 12.2 Å². The van der Waals surface area contributed by atoms with Crippen LogP contribution in [0.25, 0.3) is 0 Å². The molecule has 17 heavy (non-hydrogen) atoms. The fourth-order valence-electron chi connectivity index (χ4n) is 2.72. The van der Waals surface area contributed by atoms with Gasteiger partial charge in [0.2, 0.25) is 0 Å². The van der Waals surface area contributed by atoms with Crippen LogP contribution in [0.3, 0.4) is 0 Å². The third-order valence-electron chi connectivity index (χ3n) is 3.83. The van der Waals surface area contributed by atoms with Gasteiger partial charge in [0.25, 0.3) is 0 Å². The summed E-state index contributed by atoms with van der Waals surface area (Å²) in [6, 6.07) is 0.397. The van der Waals surface area contributed by atoms with Gasteiger partial charge in [-0.3, -0.25) is 0 Å². The predicted octanol–water partition coefficient (Wildman–Crippen LogP) is 2.37. The van der Waals surface area contributed by atoms with Gasteiger partial charge in [0, 0.05) is 6.04 Å². The van der Waals surface area contributed by atoms with Gasteiger partial charge in [-0.2, -0.15) is 0 Å². The van der Waals surface area contributed by atoms with E-state index in [9.17, 15) is 8.42 Å². The summed E-state index contributed by atoms with van der Waals surface area (Å²) in [6.45, 7) is 2.22. The molecule has 1 N–H and O–H groups in total. The molecule has 0 radical (unpaired) electrons. The highest BCUT2D eigenvalue weighted by Gasteiger charge is 2.32. The Balaban J connectivity index is 2.24. The first-order valence-corrected chi connectivity index (χ1v) is 8.79. The first kappa shape index (κ1) is 15.0. The van der Waals surface area contributed by atoms with Crippen LogP contribution in [0.4, 0.5) is 0 Å². The molecule has 2 unspecified atom stereocenters. The van der Waals surface area contributed by atoms with E-state index in [4.69, 9.17) is 0 Å². The van der Waals surface area contributed by atoms with Gasteiger partial charge in [-0.1, -0.05) is 39.0 Å². The van der Waals surface area contributed by atoms with Crippen LogP contribution in [0.15, 0.2) is 0 Å². The standard InChI is InChI=1S/C13H27NO2S/c1-3-4-5-6-7-8-13(14-2)12-9-10-17(15,16)11-12/h12-14H,3-11H2,1-2H3. The molecule has 1 rings (SSSR count). The van der Waals surface area contributed by atoms with Crippen molar-refractivity contribution in [1.82, 2.24) is 5.32 Å². The summed E-state index contributed by atoms with van der Waals surface area (Å²) >= 11 is 0. The minimum absolute atomic E-state index is 0.344. The van der Waals surface area contributed by atoms with Crippen LogP contribution in [0.1, 0.15) is 51.9 Å². The molecule has 0 aliphatic carbocycles. The zero-order chi connectivity index (χ0) is 12.7. The number of nitrogens with one attached hydrogen (secondary N) is 1. The molecule has 0 aromatic rings. The zero-order valence-electron chi connectivity index (χ0n) is 11.2. The van der Waals surface area contributed by atoms with Crippen LogP contribution < -0.4 is 5.32 Å². The summed E-state index contributed by atoms with van der Waals surface area (Å²) < 4.78 is 22.9. The van der Waals surface area contributed by atoms with Crippen molar-refractivity contribution in [2.24, 2.45) is 5.92 Å². The van der Waals surface area contributed by atoms with Gasteiger partial charge in [-0.25, -0.2) is 8.42 Å². The molecular weight excluding hydrogens is 234 g/mol. The highest BCUT2D eigenvalue weighted by atomic mass is 32.2. The van der Waals surface area contributed by atoms with Crippen molar-refractivity contribution in [3.05, 3.63) is 0 Å². The van der Waals surface area contributed by atoms with Crippen LogP contribution in [0, 0.1) is 5.92 Å². The quantitative estimate of drug-likeness (QED) is 0.682. The molecule has 2 atom stereocenters. The number of hydrogen-bond acceptors (Lipinski definition) is 3. The first-order chi connectivity index (χ1) is 8.09. The fourth-order valence-corrected chi connectivity index (χ4v) is 4.60. The van der Waals surface area contributed by atoms with E-state index in [1.165, 1.54) is 32.1 Å². The molecule has 0 aromatic heterocycles. The number of sulfone groups is 1. The van der Waals surface area contributed by atoms with Crippen LogP contribution in [0.5, 0.6) is 0 Å². The average Bonchev–Trinajstić information content (AvgIpc) is 2.64. The van der Waals surface area contributed by atoms with Crippen LogP contribution in [0.2, 0.25) is 0 Å². The Bertz CT molecular complexity index is 301. The van der Waals surface area contributed by atoms with Crippen molar-refractivity contribution in [2.45, 2.75) is 57.9 Å². The number of rotatable bonds is 8. The molecule has 1 fully saturated rings. The third-order valence-corrected chi connectivity index (χ3v) is 5.62. The fraction of sp³-hybridized carbons (Fsp3) is 1.00. The second kappa shape index (κ2) is 7.37. The normalized spacial score (nSPS) is 24.9. The third kappa shape index (κ3) is 5.38. The van der Waals surface area contributed by atoms with Crippen molar-refractivity contribution in [2.75, 3.05) is 18.6 Å². The molecule has 0 spiro atoms. The molecule has 3 nitrogen and oxygen atoms in total. The summed E-state index contributed by atoms with van der Waals surface area (Å²) in [5.74, 6) is 1.13. The van der Waals surface area contributed by atoms with Gasteiger partial charge >= 0.3 is 0 Å². The minimum Gasteiger partial charge on any atom is -0.317 e. The van der Waals surface area contributed by atoms with Gasteiger partial charge in [0.15, 0.2) is 9.84 Å². The second-order valence-electron chi connectivity index (χ2n) is 5.26. The molecule has 102 valence electrons. The number of hydrogen-bond donors (Lipinski definition) is 1. The zero-order valence-corrected chi connectivity index (χ0v) is 12.1. The molecule has 0 bridgehead atoms. The SMILES string of the molecule is CCCCCCCC(NC)C1CCS(=O)(=O)C1. The maximum atomic E-state index is 11.4. The van der Waals surface area contributed by atoms with E-state index in [-0.39, 0.29) is 0 Å². The van der Waals surface area contributed by atoms with Gasteiger partial charge in [0.05, 0.1) is 11.5 Å². The summed E-state index contributed by atoms with van der Waals surface area (Å²) in [7, 11) is -0.770. The predicted molar refractivity (Wildman–Crippen MR) is 73.0 cm³/mol. The summed E-state index contributed by atoms with van der Waals surface area (Å²) in [4.78, 5) is 0. The Morgan fingerprint density at radius 1 is 1.24 bits per heavy atom. The Labute approximate surface area is 106 Å². The lowest BCUT2D eigenvalue weighted by Gasteiger charge is -2.21. The summed E-state index contributed by atoms with van der Waals surface area (Å²) in [6.07, 6.45) is 8.39. The van der Waals surface area contributed by atoms with Gasteiger partial charge in [0.1, 0.15) is 0 Å². The lowest BCUT2D eigenvalue weighted by atomic mass is 9.94. The minimum atomic E-state index is -2.73. The molecule has 4 heteroatoms. The van der Waals surface area contributed by atoms with Crippen molar-refractivity contribution in [3.63, 3.8) is 0 Å². The monoisotopic (exact) mass is 261 g/mol. The van der Waals surface area contributed by atoms with Crippen molar-refractivity contribution >= 4 is 9.84 Å². The van der Waals surface area contributed by atoms with Crippen LogP contribution >= 0.6 is 0 Å². The van der Waals surface area contributed by atoms with Gasteiger partial charge in [-0.15, -0.1) is 0 Å². The van der Waals surface area contributed by atoms with Crippen molar-refractivity contribution < 1.29 is 8.42 Å². The highest BCUT2D eigenvalue weighted by molar-refractivity contribution is 7.91. The van der Waals surface area contributed by atoms with E-state index in [1.54, 1.807) is 0 Å². The highest BCUT2D eigenvalue weighted by Crippen LogP contribution is 2.24.